The van der Waals surface area contributed by atoms with E-state index < -0.39 is 0 Å². The monoisotopic (exact) mass is 430 g/mol. The molecular formula is C25H26N4O3. The Hall–Kier alpha value is -4.13. The van der Waals surface area contributed by atoms with Crippen molar-refractivity contribution in [1.82, 2.24) is 0 Å². The first-order valence-electron chi connectivity index (χ1n) is 10.3. The van der Waals surface area contributed by atoms with Gasteiger partial charge in [0.2, 0.25) is 11.8 Å². The van der Waals surface area contributed by atoms with E-state index in [1.807, 2.05) is 26.0 Å². The summed E-state index contributed by atoms with van der Waals surface area (Å²) in [7, 11) is 0. The van der Waals surface area contributed by atoms with Gasteiger partial charge in [-0.25, -0.2) is 0 Å². The van der Waals surface area contributed by atoms with Crippen LogP contribution in [-0.2, 0) is 9.59 Å². The zero-order valence-electron chi connectivity index (χ0n) is 18.0. The molecule has 0 saturated carbocycles. The minimum atomic E-state index is -0.220. The molecule has 0 spiro atoms. The van der Waals surface area contributed by atoms with Crippen LogP contribution in [0.15, 0.2) is 78.9 Å². The van der Waals surface area contributed by atoms with Crippen molar-refractivity contribution in [3.05, 3.63) is 84.4 Å². The molecule has 0 unspecified atom stereocenters. The lowest BCUT2D eigenvalue weighted by molar-refractivity contribution is -0.119. The average Bonchev–Trinajstić information content (AvgIpc) is 2.80. The van der Waals surface area contributed by atoms with Crippen LogP contribution in [-0.4, -0.2) is 24.3 Å². The molecule has 3 amide bonds. The Morgan fingerprint density at radius 1 is 0.688 bits per heavy atom. The van der Waals surface area contributed by atoms with Gasteiger partial charge in [0.1, 0.15) is 0 Å². The van der Waals surface area contributed by atoms with E-state index in [2.05, 4.69) is 21.3 Å². The summed E-state index contributed by atoms with van der Waals surface area (Å²) < 4.78 is 0. The fraction of sp³-hybridized carbons (Fsp3) is 0.160. The molecule has 0 aromatic heterocycles. The van der Waals surface area contributed by atoms with Crippen molar-refractivity contribution in [2.75, 3.05) is 27.8 Å². The lowest BCUT2D eigenvalue weighted by atomic mass is 10.2. The number of hydrogen-bond acceptors (Lipinski definition) is 4. The van der Waals surface area contributed by atoms with Crippen LogP contribution >= 0.6 is 0 Å². The van der Waals surface area contributed by atoms with Gasteiger partial charge < -0.3 is 21.3 Å². The first-order valence-corrected chi connectivity index (χ1v) is 10.3. The van der Waals surface area contributed by atoms with E-state index in [9.17, 15) is 14.4 Å². The molecule has 4 N–H and O–H groups in total. The lowest BCUT2D eigenvalue weighted by Crippen LogP contribution is -2.22. The molecule has 3 aromatic carbocycles. The topological polar surface area (TPSA) is 99.3 Å². The number of amides is 3. The first kappa shape index (κ1) is 22.6. The number of benzene rings is 3. The summed E-state index contributed by atoms with van der Waals surface area (Å²) in [5.41, 5.74) is 3.21. The van der Waals surface area contributed by atoms with E-state index in [1.165, 1.54) is 0 Å². The third kappa shape index (κ3) is 6.70. The summed E-state index contributed by atoms with van der Waals surface area (Å²) >= 11 is 0. The summed E-state index contributed by atoms with van der Waals surface area (Å²) in [6.45, 7) is 3.70. The summed E-state index contributed by atoms with van der Waals surface area (Å²) in [5, 5.41) is 11.5. The van der Waals surface area contributed by atoms with Gasteiger partial charge in [-0.3, -0.25) is 14.4 Å². The average molecular weight is 431 g/mol. The highest BCUT2D eigenvalue weighted by Gasteiger charge is 2.08. The molecule has 7 heteroatoms. The molecule has 0 aliphatic carbocycles. The van der Waals surface area contributed by atoms with Gasteiger partial charge in [0.05, 0.1) is 6.54 Å². The molecule has 0 heterocycles. The Kier molecular flexibility index (Phi) is 7.59. The molecule has 3 rings (SSSR count). The quantitative estimate of drug-likeness (QED) is 0.420. The van der Waals surface area contributed by atoms with Crippen LogP contribution < -0.4 is 21.3 Å². The maximum absolute atomic E-state index is 12.3. The smallest absolute Gasteiger partial charge is 0.255 e. The van der Waals surface area contributed by atoms with Crippen LogP contribution in [0.1, 0.15) is 24.2 Å². The Morgan fingerprint density at radius 2 is 1.31 bits per heavy atom. The predicted molar refractivity (Wildman–Crippen MR) is 128 cm³/mol. The number of anilines is 4. The SMILES string of the molecule is CC(C)C(=O)Nc1ccc(NC(=O)CNc2cccc(NC(=O)c3ccccc3)c2)cc1. The van der Waals surface area contributed by atoms with E-state index in [1.54, 1.807) is 66.7 Å². The molecule has 0 radical (unpaired) electrons. The summed E-state index contributed by atoms with van der Waals surface area (Å²) in [6, 6.07) is 23.0. The predicted octanol–water partition coefficient (Wildman–Crippen LogP) is 4.58. The fourth-order valence-corrected chi connectivity index (χ4v) is 2.81. The summed E-state index contributed by atoms with van der Waals surface area (Å²) in [5.74, 6) is -0.588. The zero-order chi connectivity index (χ0) is 22.9. The Bertz CT molecular complexity index is 1080. The van der Waals surface area contributed by atoms with E-state index in [4.69, 9.17) is 0 Å². The lowest BCUT2D eigenvalue weighted by Gasteiger charge is -2.11. The Morgan fingerprint density at radius 3 is 1.97 bits per heavy atom. The molecule has 7 nitrogen and oxygen atoms in total. The highest BCUT2D eigenvalue weighted by atomic mass is 16.2. The molecular weight excluding hydrogens is 404 g/mol. The van der Waals surface area contributed by atoms with Gasteiger partial charge in [0.15, 0.2) is 0 Å². The van der Waals surface area contributed by atoms with Crippen LogP contribution in [0.3, 0.4) is 0 Å². The third-order valence-electron chi connectivity index (χ3n) is 4.57. The summed E-state index contributed by atoms with van der Waals surface area (Å²) in [4.78, 5) is 36.3. The standard InChI is InChI=1S/C25H26N4O3/c1-17(2)24(31)28-20-13-11-19(12-14-20)27-23(30)16-26-21-9-6-10-22(15-21)29-25(32)18-7-4-3-5-8-18/h3-15,17,26H,16H2,1-2H3,(H,27,30)(H,28,31)(H,29,32). The molecule has 0 bridgehead atoms. The number of hydrogen-bond donors (Lipinski definition) is 4. The van der Waals surface area contributed by atoms with Gasteiger partial charge in [-0.15, -0.1) is 0 Å². The number of carbonyl (C=O) groups is 3. The molecule has 0 aliphatic heterocycles. The largest absolute Gasteiger partial charge is 0.376 e. The molecule has 0 aliphatic rings. The van der Waals surface area contributed by atoms with Crippen molar-refractivity contribution < 1.29 is 14.4 Å². The van der Waals surface area contributed by atoms with Crippen molar-refractivity contribution >= 4 is 40.5 Å². The highest BCUT2D eigenvalue weighted by molar-refractivity contribution is 6.04. The molecule has 0 atom stereocenters. The molecule has 32 heavy (non-hydrogen) atoms. The van der Waals surface area contributed by atoms with E-state index in [0.717, 1.165) is 0 Å². The van der Waals surface area contributed by atoms with Gasteiger partial charge in [-0.2, -0.15) is 0 Å². The maximum Gasteiger partial charge on any atom is 0.255 e. The zero-order valence-corrected chi connectivity index (χ0v) is 18.0. The second-order valence-corrected chi connectivity index (χ2v) is 7.52. The number of nitrogens with one attached hydrogen (secondary N) is 4. The van der Waals surface area contributed by atoms with Crippen molar-refractivity contribution in [2.24, 2.45) is 5.92 Å². The number of carbonyl (C=O) groups excluding carboxylic acids is 3. The first-order chi connectivity index (χ1) is 15.4. The van der Waals surface area contributed by atoms with Gasteiger partial charge >= 0.3 is 0 Å². The van der Waals surface area contributed by atoms with Crippen molar-refractivity contribution in [3.8, 4) is 0 Å². The third-order valence-corrected chi connectivity index (χ3v) is 4.57. The van der Waals surface area contributed by atoms with Crippen LogP contribution in [0.5, 0.6) is 0 Å². The van der Waals surface area contributed by atoms with Crippen molar-refractivity contribution in [3.63, 3.8) is 0 Å². The second kappa shape index (κ2) is 10.8. The Balaban J connectivity index is 1.50. The maximum atomic E-state index is 12.3. The van der Waals surface area contributed by atoms with Gasteiger partial charge in [0, 0.05) is 34.2 Å². The summed E-state index contributed by atoms with van der Waals surface area (Å²) in [6.07, 6.45) is 0. The van der Waals surface area contributed by atoms with Crippen LogP contribution in [0, 0.1) is 5.92 Å². The van der Waals surface area contributed by atoms with Gasteiger partial charge in [-0.1, -0.05) is 38.1 Å². The fourth-order valence-electron chi connectivity index (χ4n) is 2.81. The van der Waals surface area contributed by atoms with Gasteiger partial charge in [-0.05, 0) is 54.6 Å². The minimum absolute atomic E-state index is 0.0575. The molecule has 164 valence electrons. The minimum Gasteiger partial charge on any atom is -0.376 e. The van der Waals surface area contributed by atoms with E-state index in [-0.39, 0.29) is 30.2 Å². The Labute approximate surface area is 187 Å². The van der Waals surface area contributed by atoms with Crippen LogP contribution in [0.2, 0.25) is 0 Å². The van der Waals surface area contributed by atoms with Crippen molar-refractivity contribution in [2.45, 2.75) is 13.8 Å². The van der Waals surface area contributed by atoms with E-state index >= 15 is 0 Å². The van der Waals surface area contributed by atoms with Crippen LogP contribution in [0.25, 0.3) is 0 Å². The normalized spacial score (nSPS) is 10.3. The van der Waals surface area contributed by atoms with Crippen molar-refractivity contribution in [1.29, 1.82) is 0 Å². The van der Waals surface area contributed by atoms with E-state index in [0.29, 0.717) is 28.3 Å². The van der Waals surface area contributed by atoms with Gasteiger partial charge in [0.25, 0.3) is 5.91 Å². The second-order valence-electron chi connectivity index (χ2n) is 7.52. The number of rotatable bonds is 8. The molecule has 0 saturated heterocycles. The van der Waals surface area contributed by atoms with Crippen LogP contribution in [0.4, 0.5) is 22.7 Å². The highest BCUT2D eigenvalue weighted by Crippen LogP contribution is 2.17. The molecule has 3 aromatic rings. The molecule has 0 fully saturated rings.